The van der Waals surface area contributed by atoms with E-state index in [-0.39, 0.29) is 0 Å². The maximum atomic E-state index is 13.6. The molecule has 6 nitrogen and oxygen atoms in total. The molecule has 1 aliphatic carbocycles. The fourth-order valence-corrected chi connectivity index (χ4v) is 5.00. The summed E-state index contributed by atoms with van der Waals surface area (Å²) in [6.45, 7) is 0. The smallest absolute Gasteiger partial charge is 0.314 e. The molecule has 0 radical (unpaired) electrons. The van der Waals surface area contributed by atoms with Gasteiger partial charge in [-0.2, -0.15) is 0 Å². The maximum absolute atomic E-state index is 13.6. The fraction of sp³-hybridized carbons (Fsp3) is 0.0345. The summed E-state index contributed by atoms with van der Waals surface area (Å²) in [6, 6.07) is 32.6. The number of amides is 3. The van der Waals surface area contributed by atoms with Crippen molar-refractivity contribution >= 4 is 57.8 Å². The second-order valence-corrected chi connectivity index (χ2v) is 9.43. The molecule has 1 spiro atoms. The standard InChI is InChI=1S/C29H19Cl2N3O3/c30-21-11-15-23(16-12-21)32-27(35)37-34-28(36)33(24-17-13-22(31)14-18-24)29(34)25(19-7-3-1-4-8-19)26(29)20-9-5-2-6-10-20/h1-18H,(H,32,35). The Labute approximate surface area is 223 Å². The van der Waals surface area contributed by atoms with Gasteiger partial charge in [-0.25, -0.2) is 9.59 Å². The van der Waals surface area contributed by atoms with Crippen molar-refractivity contribution in [3.8, 4) is 0 Å². The predicted molar refractivity (Wildman–Crippen MR) is 145 cm³/mol. The lowest BCUT2D eigenvalue weighted by Gasteiger charge is -2.50. The first-order chi connectivity index (χ1) is 18.0. The number of hydrogen-bond donors (Lipinski definition) is 1. The van der Waals surface area contributed by atoms with Gasteiger partial charge >= 0.3 is 12.1 Å². The summed E-state index contributed by atoms with van der Waals surface area (Å²) < 4.78 is 0. The van der Waals surface area contributed by atoms with Gasteiger partial charge in [-0.15, -0.1) is 5.06 Å². The first kappa shape index (κ1) is 23.2. The Morgan fingerprint density at radius 1 is 0.703 bits per heavy atom. The number of rotatable bonds is 5. The van der Waals surface area contributed by atoms with Crippen molar-refractivity contribution in [2.45, 2.75) is 5.66 Å². The van der Waals surface area contributed by atoms with Crippen LogP contribution in [0.15, 0.2) is 109 Å². The summed E-state index contributed by atoms with van der Waals surface area (Å²) in [5, 5.41) is 4.88. The number of urea groups is 1. The largest absolute Gasteiger partial charge is 0.436 e. The van der Waals surface area contributed by atoms with Crippen LogP contribution in [-0.4, -0.2) is 22.9 Å². The third-order valence-electron chi connectivity index (χ3n) is 6.34. The molecule has 0 bridgehead atoms. The minimum atomic E-state index is -1.11. The first-order valence-electron chi connectivity index (χ1n) is 11.5. The molecule has 3 amide bonds. The Bertz CT molecular complexity index is 1470. The van der Waals surface area contributed by atoms with Crippen LogP contribution in [0.5, 0.6) is 0 Å². The van der Waals surface area contributed by atoms with Crippen molar-refractivity contribution in [3.05, 3.63) is 130 Å². The van der Waals surface area contributed by atoms with E-state index in [0.717, 1.165) is 27.3 Å². The summed E-state index contributed by atoms with van der Waals surface area (Å²) in [5.41, 5.74) is 3.58. The van der Waals surface area contributed by atoms with Gasteiger partial charge in [-0.3, -0.25) is 10.2 Å². The molecule has 1 heterocycles. The topological polar surface area (TPSA) is 61.9 Å². The van der Waals surface area contributed by atoms with Crippen LogP contribution >= 0.6 is 23.2 Å². The van der Waals surface area contributed by atoms with Crippen molar-refractivity contribution in [2.75, 3.05) is 10.2 Å². The van der Waals surface area contributed by atoms with Crippen LogP contribution in [0.25, 0.3) is 11.1 Å². The van der Waals surface area contributed by atoms with E-state index in [0.29, 0.717) is 21.4 Å². The molecule has 0 saturated carbocycles. The molecule has 182 valence electrons. The van der Waals surface area contributed by atoms with Crippen molar-refractivity contribution < 1.29 is 14.4 Å². The van der Waals surface area contributed by atoms with Gasteiger partial charge in [0.1, 0.15) is 0 Å². The molecule has 0 atom stereocenters. The zero-order chi connectivity index (χ0) is 25.6. The highest BCUT2D eigenvalue weighted by Gasteiger charge is 2.75. The molecule has 0 aromatic heterocycles. The molecule has 37 heavy (non-hydrogen) atoms. The van der Waals surface area contributed by atoms with Gasteiger partial charge in [0.25, 0.3) is 0 Å². The zero-order valence-electron chi connectivity index (χ0n) is 19.3. The highest BCUT2D eigenvalue weighted by atomic mass is 35.5. The number of carbonyl (C=O) groups excluding carboxylic acids is 2. The van der Waals surface area contributed by atoms with E-state index in [1.807, 2.05) is 60.7 Å². The van der Waals surface area contributed by atoms with Gasteiger partial charge in [0.2, 0.25) is 5.66 Å². The minimum Gasteiger partial charge on any atom is -0.314 e. The zero-order valence-corrected chi connectivity index (χ0v) is 20.8. The van der Waals surface area contributed by atoms with Crippen LogP contribution in [-0.2, 0) is 4.84 Å². The number of carbonyl (C=O) groups is 2. The third kappa shape index (κ3) is 3.82. The minimum absolute atomic E-state index is 0.479. The van der Waals surface area contributed by atoms with Crippen LogP contribution in [0, 0.1) is 0 Å². The fourth-order valence-electron chi connectivity index (χ4n) is 4.75. The highest BCUT2D eigenvalue weighted by molar-refractivity contribution is 6.31. The van der Waals surface area contributed by atoms with Crippen LogP contribution in [0.3, 0.4) is 0 Å². The Morgan fingerprint density at radius 2 is 1.19 bits per heavy atom. The molecule has 0 unspecified atom stereocenters. The van der Waals surface area contributed by atoms with E-state index < -0.39 is 17.8 Å². The Morgan fingerprint density at radius 3 is 1.70 bits per heavy atom. The molecule has 6 rings (SSSR count). The average Bonchev–Trinajstić information content (AvgIpc) is 3.63. The van der Waals surface area contributed by atoms with Crippen LogP contribution < -0.4 is 10.2 Å². The van der Waals surface area contributed by atoms with Crippen LogP contribution in [0.4, 0.5) is 21.0 Å². The van der Waals surface area contributed by atoms with Crippen molar-refractivity contribution in [1.82, 2.24) is 5.06 Å². The number of hydrogen-bond acceptors (Lipinski definition) is 3. The SMILES string of the molecule is O=C(Nc1ccc(Cl)cc1)ON1C(=O)N(c2ccc(Cl)cc2)C12C(c1ccccc1)=C2c1ccccc1. The van der Waals surface area contributed by atoms with Crippen LogP contribution in [0.1, 0.15) is 11.1 Å². The molecule has 4 aromatic rings. The molecular weight excluding hydrogens is 509 g/mol. The molecule has 4 aromatic carbocycles. The lowest BCUT2D eigenvalue weighted by molar-refractivity contribution is -0.108. The number of hydroxylamine groups is 2. The summed E-state index contributed by atoms with van der Waals surface area (Å²) in [6.07, 6.45) is -0.794. The molecule has 2 aliphatic rings. The van der Waals surface area contributed by atoms with Gasteiger partial charge in [0, 0.05) is 32.6 Å². The van der Waals surface area contributed by atoms with Crippen molar-refractivity contribution in [1.29, 1.82) is 0 Å². The van der Waals surface area contributed by atoms with E-state index in [4.69, 9.17) is 28.0 Å². The maximum Gasteiger partial charge on any atom is 0.436 e. The Hall–Kier alpha value is -4.26. The van der Waals surface area contributed by atoms with Gasteiger partial charge < -0.3 is 4.84 Å². The lowest BCUT2D eigenvalue weighted by atomic mass is 10.0. The summed E-state index contributed by atoms with van der Waals surface area (Å²) >= 11 is 12.1. The summed E-state index contributed by atoms with van der Waals surface area (Å²) in [7, 11) is 0. The van der Waals surface area contributed by atoms with Gasteiger partial charge in [-0.1, -0.05) is 83.9 Å². The lowest BCUT2D eigenvalue weighted by Crippen LogP contribution is -2.73. The van der Waals surface area contributed by atoms with Gasteiger partial charge in [0.05, 0.1) is 0 Å². The first-order valence-corrected chi connectivity index (χ1v) is 12.3. The van der Waals surface area contributed by atoms with E-state index in [2.05, 4.69) is 5.32 Å². The molecule has 1 aliphatic heterocycles. The number of nitrogens with zero attached hydrogens (tertiary/aromatic N) is 2. The monoisotopic (exact) mass is 527 g/mol. The molecule has 1 N–H and O–H groups in total. The molecular formula is C29H19Cl2N3O3. The number of benzene rings is 4. The Kier molecular flexibility index (Phi) is 5.63. The van der Waals surface area contributed by atoms with E-state index in [9.17, 15) is 9.59 Å². The number of nitrogens with one attached hydrogen (secondary N) is 1. The van der Waals surface area contributed by atoms with Gasteiger partial charge in [0.15, 0.2) is 0 Å². The number of anilines is 2. The normalized spacial score (nSPS) is 15.5. The van der Waals surface area contributed by atoms with Crippen molar-refractivity contribution in [2.24, 2.45) is 0 Å². The van der Waals surface area contributed by atoms with E-state index in [1.54, 1.807) is 53.4 Å². The Balaban J connectivity index is 1.41. The van der Waals surface area contributed by atoms with Gasteiger partial charge in [-0.05, 0) is 59.7 Å². The second kappa shape index (κ2) is 9.00. The number of halogens is 2. The van der Waals surface area contributed by atoms with Crippen molar-refractivity contribution in [3.63, 3.8) is 0 Å². The quantitative estimate of drug-likeness (QED) is 0.289. The average molecular weight is 528 g/mol. The second-order valence-electron chi connectivity index (χ2n) is 8.55. The molecule has 1 saturated heterocycles. The van der Waals surface area contributed by atoms with Crippen LogP contribution in [0.2, 0.25) is 10.0 Å². The third-order valence-corrected chi connectivity index (χ3v) is 6.85. The molecule has 1 fully saturated rings. The summed E-state index contributed by atoms with van der Waals surface area (Å²) in [5.74, 6) is 0. The summed E-state index contributed by atoms with van der Waals surface area (Å²) in [4.78, 5) is 33.8. The highest BCUT2D eigenvalue weighted by Crippen LogP contribution is 2.67. The molecule has 8 heteroatoms. The van der Waals surface area contributed by atoms with E-state index >= 15 is 0 Å². The predicted octanol–water partition coefficient (Wildman–Crippen LogP) is 7.72. The van der Waals surface area contributed by atoms with E-state index in [1.165, 1.54) is 0 Å².